The Kier molecular flexibility index (Phi) is 4.66. The van der Waals surface area contributed by atoms with Gasteiger partial charge in [-0.15, -0.1) is 0 Å². The van der Waals surface area contributed by atoms with E-state index in [0.29, 0.717) is 24.8 Å². The molecule has 5 heteroatoms. The lowest BCUT2D eigenvalue weighted by atomic mass is 9.73. The Morgan fingerprint density at radius 3 is 2.75 bits per heavy atom. The first-order valence-electron chi connectivity index (χ1n) is 10.9. The topological polar surface area (TPSA) is 58.6 Å². The van der Waals surface area contributed by atoms with Crippen LogP contribution in [-0.4, -0.2) is 48.1 Å². The highest BCUT2D eigenvalue weighted by molar-refractivity contribution is 5.79. The second-order valence-electron chi connectivity index (χ2n) is 9.16. The maximum absolute atomic E-state index is 12.8. The molecule has 28 heavy (non-hydrogen) atoms. The Balaban J connectivity index is 1.18. The van der Waals surface area contributed by atoms with Gasteiger partial charge in [-0.1, -0.05) is 36.8 Å². The number of ether oxygens (including phenoxy) is 1. The summed E-state index contributed by atoms with van der Waals surface area (Å²) in [5.41, 5.74) is 1.06. The van der Waals surface area contributed by atoms with Gasteiger partial charge in [0.15, 0.2) is 0 Å². The molecular formula is C23H30N2O3. The Labute approximate surface area is 166 Å². The molecule has 3 aliphatic heterocycles. The molecule has 1 N–H and O–H groups in total. The number of nitrogens with zero attached hydrogens (tertiary/aromatic N) is 1. The third kappa shape index (κ3) is 3.14. The minimum Gasteiger partial charge on any atom is -0.369 e. The fourth-order valence-electron chi connectivity index (χ4n) is 5.74. The minimum absolute atomic E-state index is 0.154. The molecule has 4 atom stereocenters. The summed E-state index contributed by atoms with van der Waals surface area (Å²) in [4.78, 5) is 27.1. The smallest absolute Gasteiger partial charge is 0.223 e. The number of benzene rings is 1. The summed E-state index contributed by atoms with van der Waals surface area (Å²) in [7, 11) is 0. The lowest BCUT2D eigenvalue weighted by Crippen LogP contribution is -2.44. The molecule has 1 aromatic rings. The summed E-state index contributed by atoms with van der Waals surface area (Å²) in [6.07, 6.45) is 6.97. The number of carbonyl (C=O) groups excluding carboxylic acids is 2. The van der Waals surface area contributed by atoms with Gasteiger partial charge < -0.3 is 15.0 Å². The lowest BCUT2D eigenvalue weighted by molar-refractivity contribution is -0.132. The molecular weight excluding hydrogens is 352 g/mol. The van der Waals surface area contributed by atoms with E-state index in [9.17, 15) is 9.59 Å². The van der Waals surface area contributed by atoms with Crippen LogP contribution in [0, 0.1) is 17.8 Å². The van der Waals surface area contributed by atoms with Crippen molar-refractivity contribution in [3.05, 3.63) is 35.9 Å². The molecule has 1 aromatic carbocycles. The number of nitrogens with one attached hydrogen (secondary N) is 1. The van der Waals surface area contributed by atoms with Crippen molar-refractivity contribution in [2.24, 2.45) is 17.8 Å². The van der Waals surface area contributed by atoms with Gasteiger partial charge in [0.05, 0.1) is 18.2 Å². The number of fused-ring (bicyclic) bond motifs is 1. The molecule has 3 heterocycles. The second-order valence-corrected chi connectivity index (χ2v) is 9.16. The number of hydrogen-bond acceptors (Lipinski definition) is 3. The van der Waals surface area contributed by atoms with Gasteiger partial charge in [-0.25, -0.2) is 0 Å². The molecule has 4 aliphatic rings. The molecule has 5 nitrogen and oxygen atoms in total. The first-order valence-corrected chi connectivity index (χ1v) is 10.9. The van der Waals surface area contributed by atoms with E-state index in [4.69, 9.17) is 4.74 Å². The Hall–Kier alpha value is -1.88. The fourth-order valence-corrected chi connectivity index (χ4v) is 5.74. The summed E-state index contributed by atoms with van der Waals surface area (Å²) in [5, 5.41) is 3.19. The average molecular weight is 383 g/mol. The fraction of sp³-hybridized carbons (Fsp3) is 0.652. The predicted octanol–water partition coefficient (Wildman–Crippen LogP) is 2.54. The van der Waals surface area contributed by atoms with Crippen LogP contribution < -0.4 is 5.32 Å². The van der Waals surface area contributed by atoms with Crippen LogP contribution >= 0.6 is 0 Å². The number of rotatable bonds is 6. The molecule has 1 saturated carbocycles. The molecule has 4 fully saturated rings. The maximum Gasteiger partial charge on any atom is 0.223 e. The summed E-state index contributed by atoms with van der Waals surface area (Å²) >= 11 is 0. The monoisotopic (exact) mass is 382 g/mol. The van der Waals surface area contributed by atoms with E-state index < -0.39 is 0 Å². The van der Waals surface area contributed by atoms with Gasteiger partial charge in [-0.3, -0.25) is 9.59 Å². The van der Waals surface area contributed by atoms with Crippen LogP contribution in [0.4, 0.5) is 0 Å². The van der Waals surface area contributed by atoms with Gasteiger partial charge in [-0.05, 0) is 37.7 Å². The standard InChI is InChI=1S/C23H30N2O3/c26-21(10-9-16-5-2-1-3-6-16)25-14-19-18(13-24-22(27)17-7-4-8-17)20-11-12-23(19,15-25)28-20/h1-3,5-6,17-20H,4,7-15H2,(H,24,27)/t18-,19+,20+,23+/m0/s1. The third-order valence-electron chi connectivity index (χ3n) is 7.59. The van der Waals surface area contributed by atoms with Gasteiger partial charge in [0.25, 0.3) is 0 Å². The molecule has 2 bridgehead atoms. The molecule has 0 unspecified atom stereocenters. The number of likely N-dealkylation sites (tertiary alicyclic amines) is 1. The van der Waals surface area contributed by atoms with Crippen LogP contribution in [0.25, 0.3) is 0 Å². The van der Waals surface area contributed by atoms with Crippen molar-refractivity contribution >= 4 is 11.8 Å². The van der Waals surface area contributed by atoms with Crippen molar-refractivity contribution in [1.82, 2.24) is 10.2 Å². The highest BCUT2D eigenvalue weighted by Gasteiger charge is 2.63. The summed E-state index contributed by atoms with van der Waals surface area (Å²) in [6.45, 7) is 2.22. The SMILES string of the molecule is O=C(NC[C@H]1[C@H]2CN(C(=O)CCc3ccccc3)C[C@]23CC[C@H]1O3)C1CCC1. The molecule has 1 spiro atoms. The van der Waals surface area contributed by atoms with E-state index in [0.717, 1.165) is 45.2 Å². The lowest BCUT2D eigenvalue weighted by Gasteiger charge is -2.30. The van der Waals surface area contributed by atoms with Crippen LogP contribution in [0.1, 0.15) is 44.1 Å². The van der Waals surface area contributed by atoms with Crippen molar-refractivity contribution in [1.29, 1.82) is 0 Å². The zero-order valence-corrected chi connectivity index (χ0v) is 16.4. The third-order valence-corrected chi connectivity index (χ3v) is 7.59. The number of hydrogen-bond donors (Lipinski definition) is 1. The van der Waals surface area contributed by atoms with Crippen molar-refractivity contribution in [2.75, 3.05) is 19.6 Å². The van der Waals surface area contributed by atoms with E-state index >= 15 is 0 Å². The molecule has 2 amide bonds. The van der Waals surface area contributed by atoms with Crippen LogP contribution in [0.15, 0.2) is 30.3 Å². The summed E-state index contributed by atoms with van der Waals surface area (Å²) in [6, 6.07) is 10.2. The van der Waals surface area contributed by atoms with Crippen LogP contribution in [0.3, 0.4) is 0 Å². The minimum atomic E-state index is -0.154. The summed E-state index contributed by atoms with van der Waals surface area (Å²) in [5.74, 6) is 1.40. The molecule has 1 aliphatic carbocycles. The molecule has 0 aromatic heterocycles. The highest BCUT2D eigenvalue weighted by Crippen LogP contribution is 2.54. The quantitative estimate of drug-likeness (QED) is 0.823. The maximum atomic E-state index is 12.8. The van der Waals surface area contributed by atoms with E-state index in [-0.39, 0.29) is 29.4 Å². The van der Waals surface area contributed by atoms with Crippen molar-refractivity contribution in [2.45, 2.75) is 56.7 Å². The van der Waals surface area contributed by atoms with Gasteiger partial charge in [0.1, 0.15) is 0 Å². The van der Waals surface area contributed by atoms with Gasteiger partial charge in [0.2, 0.25) is 11.8 Å². The first kappa shape index (κ1) is 18.2. The van der Waals surface area contributed by atoms with Gasteiger partial charge >= 0.3 is 0 Å². The van der Waals surface area contributed by atoms with Crippen LogP contribution in [-0.2, 0) is 20.7 Å². The van der Waals surface area contributed by atoms with Crippen LogP contribution in [0.2, 0.25) is 0 Å². The summed E-state index contributed by atoms with van der Waals surface area (Å²) < 4.78 is 6.43. The van der Waals surface area contributed by atoms with E-state index in [2.05, 4.69) is 17.4 Å². The highest BCUT2D eigenvalue weighted by atomic mass is 16.5. The van der Waals surface area contributed by atoms with Gasteiger partial charge in [0, 0.05) is 37.3 Å². The van der Waals surface area contributed by atoms with Crippen molar-refractivity contribution in [3.8, 4) is 0 Å². The molecule has 3 saturated heterocycles. The first-order chi connectivity index (χ1) is 13.6. The predicted molar refractivity (Wildman–Crippen MR) is 106 cm³/mol. The van der Waals surface area contributed by atoms with Crippen molar-refractivity contribution < 1.29 is 14.3 Å². The molecule has 150 valence electrons. The zero-order valence-electron chi connectivity index (χ0n) is 16.4. The average Bonchev–Trinajstić information content (AvgIpc) is 3.32. The van der Waals surface area contributed by atoms with Crippen molar-refractivity contribution in [3.63, 3.8) is 0 Å². The number of aryl methyl sites for hydroxylation is 1. The number of amides is 2. The molecule has 0 radical (unpaired) electrons. The molecule has 5 rings (SSSR count). The van der Waals surface area contributed by atoms with E-state index in [1.807, 2.05) is 23.1 Å². The zero-order chi connectivity index (χ0) is 19.1. The normalized spacial score (nSPS) is 33.6. The largest absolute Gasteiger partial charge is 0.369 e. The Morgan fingerprint density at radius 2 is 2.00 bits per heavy atom. The van der Waals surface area contributed by atoms with Crippen LogP contribution in [0.5, 0.6) is 0 Å². The Bertz CT molecular complexity index is 747. The Morgan fingerprint density at radius 1 is 1.18 bits per heavy atom. The van der Waals surface area contributed by atoms with Gasteiger partial charge in [-0.2, -0.15) is 0 Å². The number of carbonyl (C=O) groups is 2. The van der Waals surface area contributed by atoms with E-state index in [1.165, 1.54) is 12.0 Å². The van der Waals surface area contributed by atoms with E-state index in [1.54, 1.807) is 0 Å². The second kappa shape index (κ2) is 7.18.